The van der Waals surface area contributed by atoms with Crippen molar-refractivity contribution in [2.45, 2.75) is 40.2 Å². The number of alkyl halides is 1. The largest absolute Gasteiger partial charge is 0.349 e. The van der Waals surface area contributed by atoms with E-state index in [-0.39, 0.29) is 22.9 Å². The summed E-state index contributed by atoms with van der Waals surface area (Å²) in [6, 6.07) is 4.57. The molecule has 1 atom stereocenters. The molecule has 1 unspecified atom stereocenters. The third kappa shape index (κ3) is 4.60. The van der Waals surface area contributed by atoms with E-state index in [1.807, 2.05) is 6.92 Å². The van der Waals surface area contributed by atoms with Crippen LogP contribution in [0.15, 0.2) is 18.2 Å². The molecule has 106 valence electrons. The van der Waals surface area contributed by atoms with Gasteiger partial charge in [-0.1, -0.05) is 48.3 Å². The van der Waals surface area contributed by atoms with Crippen molar-refractivity contribution in [1.29, 1.82) is 0 Å². The fourth-order valence-corrected chi connectivity index (χ4v) is 2.34. The second-order valence-corrected chi connectivity index (χ2v) is 6.65. The van der Waals surface area contributed by atoms with Gasteiger partial charge >= 0.3 is 0 Å². The summed E-state index contributed by atoms with van der Waals surface area (Å²) in [6.45, 7) is 8.03. The summed E-state index contributed by atoms with van der Waals surface area (Å²) in [4.78, 5) is 12.2. The van der Waals surface area contributed by atoms with Crippen LogP contribution in [0, 0.1) is 18.2 Å². The first-order chi connectivity index (χ1) is 8.75. The minimum absolute atomic E-state index is 0.000660. The molecule has 1 aromatic carbocycles. The molecule has 0 aliphatic heterocycles. The number of hydrogen-bond acceptors (Lipinski definition) is 1. The molecule has 0 saturated heterocycles. The SMILES string of the molecule is Cc1ccc(F)c(C(=O)NC(CCBr)C(C)(C)C)c1. The number of carbonyl (C=O) groups excluding carboxylic acids is 1. The van der Waals surface area contributed by atoms with E-state index in [1.54, 1.807) is 12.1 Å². The maximum atomic E-state index is 13.7. The number of benzene rings is 1. The van der Waals surface area contributed by atoms with E-state index in [2.05, 4.69) is 42.0 Å². The maximum Gasteiger partial charge on any atom is 0.254 e. The monoisotopic (exact) mass is 329 g/mol. The molecular formula is C15H21BrFNO. The van der Waals surface area contributed by atoms with Gasteiger partial charge in [-0.3, -0.25) is 4.79 Å². The highest BCUT2D eigenvalue weighted by atomic mass is 79.9. The van der Waals surface area contributed by atoms with E-state index in [9.17, 15) is 9.18 Å². The Labute approximate surface area is 122 Å². The van der Waals surface area contributed by atoms with E-state index in [0.717, 1.165) is 17.3 Å². The van der Waals surface area contributed by atoms with Crippen LogP contribution in [0.3, 0.4) is 0 Å². The van der Waals surface area contributed by atoms with Crippen molar-refractivity contribution in [3.63, 3.8) is 0 Å². The summed E-state index contributed by atoms with van der Waals surface area (Å²) in [5.74, 6) is -0.823. The lowest BCUT2D eigenvalue weighted by molar-refractivity contribution is 0.0896. The molecule has 0 aromatic heterocycles. The third-order valence-electron chi connectivity index (χ3n) is 3.11. The summed E-state index contributed by atoms with van der Waals surface area (Å²) in [6.07, 6.45) is 0.808. The Kier molecular flexibility index (Phi) is 5.53. The molecule has 0 saturated carbocycles. The topological polar surface area (TPSA) is 29.1 Å². The van der Waals surface area contributed by atoms with Crippen molar-refractivity contribution in [3.05, 3.63) is 35.1 Å². The highest BCUT2D eigenvalue weighted by Crippen LogP contribution is 2.23. The Hall–Kier alpha value is -0.900. The fourth-order valence-electron chi connectivity index (χ4n) is 1.88. The Bertz CT molecular complexity index is 454. The zero-order valence-corrected chi connectivity index (χ0v) is 13.5. The zero-order valence-electron chi connectivity index (χ0n) is 11.9. The van der Waals surface area contributed by atoms with Gasteiger partial charge in [-0.05, 0) is 30.9 Å². The molecule has 0 radical (unpaired) electrons. The van der Waals surface area contributed by atoms with Crippen LogP contribution in [0.1, 0.15) is 43.1 Å². The molecule has 0 heterocycles. The van der Waals surface area contributed by atoms with Crippen LogP contribution in [0.4, 0.5) is 4.39 Å². The van der Waals surface area contributed by atoms with Crippen LogP contribution in [0.5, 0.6) is 0 Å². The Morgan fingerprint density at radius 3 is 2.58 bits per heavy atom. The van der Waals surface area contributed by atoms with Gasteiger partial charge in [-0.15, -0.1) is 0 Å². The fraction of sp³-hybridized carbons (Fsp3) is 0.533. The quantitative estimate of drug-likeness (QED) is 0.829. The smallest absolute Gasteiger partial charge is 0.254 e. The molecule has 0 aliphatic carbocycles. The second kappa shape index (κ2) is 6.51. The highest BCUT2D eigenvalue weighted by Gasteiger charge is 2.26. The average Bonchev–Trinajstić information content (AvgIpc) is 2.30. The number of hydrogen-bond donors (Lipinski definition) is 1. The number of carbonyl (C=O) groups is 1. The normalized spacial score (nSPS) is 13.2. The number of aryl methyl sites for hydroxylation is 1. The van der Waals surface area contributed by atoms with Gasteiger partial charge in [0, 0.05) is 11.4 Å². The minimum atomic E-state index is -0.477. The molecule has 19 heavy (non-hydrogen) atoms. The lowest BCUT2D eigenvalue weighted by atomic mass is 9.85. The van der Waals surface area contributed by atoms with Crippen LogP contribution >= 0.6 is 15.9 Å². The second-order valence-electron chi connectivity index (χ2n) is 5.85. The molecule has 0 aliphatic rings. The van der Waals surface area contributed by atoms with Crippen LogP contribution < -0.4 is 5.32 Å². The molecule has 4 heteroatoms. The van der Waals surface area contributed by atoms with Crippen molar-refractivity contribution in [1.82, 2.24) is 5.32 Å². The molecule has 0 fully saturated rings. The van der Waals surface area contributed by atoms with Gasteiger partial charge < -0.3 is 5.32 Å². The molecular weight excluding hydrogens is 309 g/mol. The Morgan fingerprint density at radius 2 is 2.05 bits per heavy atom. The molecule has 2 nitrogen and oxygen atoms in total. The lowest BCUT2D eigenvalue weighted by Gasteiger charge is -2.31. The average molecular weight is 330 g/mol. The van der Waals surface area contributed by atoms with E-state index in [4.69, 9.17) is 0 Å². The first kappa shape index (κ1) is 16.2. The molecule has 1 rings (SSSR count). The lowest BCUT2D eigenvalue weighted by Crippen LogP contribution is -2.44. The van der Waals surface area contributed by atoms with Gasteiger partial charge in [0.25, 0.3) is 5.91 Å². The van der Waals surface area contributed by atoms with Crippen LogP contribution in [-0.4, -0.2) is 17.3 Å². The van der Waals surface area contributed by atoms with Crippen molar-refractivity contribution in [2.24, 2.45) is 5.41 Å². The van der Waals surface area contributed by atoms with Crippen molar-refractivity contribution in [3.8, 4) is 0 Å². The molecule has 0 spiro atoms. The van der Waals surface area contributed by atoms with E-state index in [0.29, 0.717) is 0 Å². The van der Waals surface area contributed by atoms with Crippen LogP contribution in [0.2, 0.25) is 0 Å². The van der Waals surface area contributed by atoms with Crippen molar-refractivity contribution < 1.29 is 9.18 Å². The van der Waals surface area contributed by atoms with Crippen molar-refractivity contribution >= 4 is 21.8 Å². The van der Waals surface area contributed by atoms with Crippen LogP contribution in [-0.2, 0) is 0 Å². The molecule has 1 N–H and O–H groups in total. The van der Waals surface area contributed by atoms with Gasteiger partial charge in [0.1, 0.15) is 5.82 Å². The number of rotatable bonds is 4. The van der Waals surface area contributed by atoms with Crippen molar-refractivity contribution in [2.75, 3.05) is 5.33 Å². The summed E-state index contributed by atoms with van der Waals surface area (Å²) in [5, 5.41) is 3.73. The Morgan fingerprint density at radius 1 is 1.42 bits per heavy atom. The standard InChI is InChI=1S/C15H21BrFNO/c1-10-5-6-12(17)11(9-10)14(19)18-13(7-8-16)15(2,3)4/h5-6,9,13H,7-8H2,1-4H3,(H,18,19). The predicted octanol–water partition coefficient (Wildman–Crippen LogP) is 4.06. The Balaban J connectivity index is 2.91. The van der Waals surface area contributed by atoms with E-state index >= 15 is 0 Å². The highest BCUT2D eigenvalue weighted by molar-refractivity contribution is 9.09. The molecule has 1 amide bonds. The van der Waals surface area contributed by atoms with Gasteiger partial charge in [-0.25, -0.2) is 4.39 Å². The van der Waals surface area contributed by atoms with E-state index in [1.165, 1.54) is 6.07 Å². The number of amides is 1. The number of nitrogens with one attached hydrogen (secondary N) is 1. The first-order valence-corrected chi connectivity index (χ1v) is 7.51. The van der Waals surface area contributed by atoms with E-state index < -0.39 is 5.82 Å². The molecule has 0 bridgehead atoms. The summed E-state index contributed by atoms with van der Waals surface area (Å²) >= 11 is 3.39. The zero-order chi connectivity index (χ0) is 14.6. The minimum Gasteiger partial charge on any atom is -0.349 e. The number of halogens is 2. The van der Waals surface area contributed by atoms with Crippen LogP contribution in [0.25, 0.3) is 0 Å². The summed E-state index contributed by atoms with van der Waals surface area (Å²) in [5.41, 5.74) is 0.923. The predicted molar refractivity (Wildman–Crippen MR) is 80.3 cm³/mol. The van der Waals surface area contributed by atoms with Gasteiger partial charge in [0.05, 0.1) is 5.56 Å². The van der Waals surface area contributed by atoms with Gasteiger partial charge in [0.2, 0.25) is 0 Å². The summed E-state index contributed by atoms with van der Waals surface area (Å²) in [7, 11) is 0. The molecule has 1 aromatic rings. The third-order valence-corrected chi connectivity index (χ3v) is 3.57. The van der Waals surface area contributed by atoms with Gasteiger partial charge in [0.15, 0.2) is 0 Å². The maximum absolute atomic E-state index is 13.7. The summed E-state index contributed by atoms with van der Waals surface area (Å²) < 4.78 is 13.7. The first-order valence-electron chi connectivity index (χ1n) is 6.38. The van der Waals surface area contributed by atoms with Gasteiger partial charge in [-0.2, -0.15) is 0 Å².